The minimum absolute atomic E-state index is 0.000898. The van der Waals surface area contributed by atoms with Gasteiger partial charge in [0.15, 0.2) is 5.76 Å². The predicted octanol–water partition coefficient (Wildman–Crippen LogP) is 3.50. The minimum atomic E-state index is -0.150. The van der Waals surface area contributed by atoms with E-state index >= 15 is 0 Å². The topological polar surface area (TPSA) is 71.6 Å². The maximum absolute atomic E-state index is 12.8. The van der Waals surface area contributed by atoms with Crippen molar-refractivity contribution in [3.63, 3.8) is 0 Å². The molecule has 156 valence electrons. The van der Waals surface area contributed by atoms with Gasteiger partial charge in [-0.2, -0.15) is 5.10 Å². The number of halogens is 1. The summed E-state index contributed by atoms with van der Waals surface area (Å²) < 4.78 is 8.63. The molecule has 1 aromatic carbocycles. The van der Waals surface area contributed by atoms with Crippen LogP contribution in [0.1, 0.15) is 38.1 Å². The highest BCUT2D eigenvalue weighted by atomic mass is 79.9. The van der Waals surface area contributed by atoms with Crippen molar-refractivity contribution in [2.24, 2.45) is 0 Å². The summed E-state index contributed by atoms with van der Waals surface area (Å²) in [6.07, 6.45) is 0. The first kappa shape index (κ1) is 20.4. The van der Waals surface area contributed by atoms with E-state index < -0.39 is 0 Å². The van der Waals surface area contributed by atoms with Gasteiger partial charge in [-0.25, -0.2) is 0 Å². The van der Waals surface area contributed by atoms with Gasteiger partial charge in [-0.05, 0) is 54.0 Å². The third-order valence-corrected chi connectivity index (χ3v) is 6.49. The van der Waals surface area contributed by atoms with Gasteiger partial charge in [-0.15, -0.1) is 0 Å². The van der Waals surface area contributed by atoms with E-state index in [-0.39, 0.29) is 11.8 Å². The summed E-state index contributed by atoms with van der Waals surface area (Å²) in [5.41, 5.74) is 2.60. The van der Waals surface area contributed by atoms with Crippen LogP contribution in [0.2, 0.25) is 0 Å². The molecule has 2 aromatic heterocycles. The fourth-order valence-corrected chi connectivity index (χ4v) is 3.87. The lowest BCUT2D eigenvalue weighted by Crippen LogP contribution is -2.50. The standard InChI is InChI=1S/C22H23BrN4O3/c1-15-20(23)16(2)27(24-15)14-18-8-9-19(30-18)22(29)26-12-10-25(11-13-26)21(28)17-6-4-3-5-7-17/h3-9H,10-14H2,1-2H3. The molecule has 3 heterocycles. The second kappa shape index (κ2) is 8.47. The van der Waals surface area contributed by atoms with Crippen LogP contribution in [0.25, 0.3) is 0 Å². The third kappa shape index (κ3) is 4.05. The number of rotatable bonds is 4. The summed E-state index contributed by atoms with van der Waals surface area (Å²) in [6.45, 7) is 6.36. The van der Waals surface area contributed by atoms with E-state index in [2.05, 4.69) is 21.0 Å². The molecule has 3 aromatic rings. The number of hydrogen-bond acceptors (Lipinski definition) is 4. The molecule has 2 amide bonds. The van der Waals surface area contributed by atoms with Crippen LogP contribution in [-0.4, -0.2) is 57.6 Å². The highest BCUT2D eigenvalue weighted by molar-refractivity contribution is 9.10. The van der Waals surface area contributed by atoms with E-state index in [1.807, 2.05) is 54.9 Å². The molecule has 8 heteroatoms. The number of furan rings is 1. The van der Waals surface area contributed by atoms with Crippen LogP contribution >= 0.6 is 15.9 Å². The second-order valence-corrected chi connectivity index (χ2v) is 8.15. The van der Waals surface area contributed by atoms with Gasteiger partial charge in [0.1, 0.15) is 5.76 Å². The van der Waals surface area contributed by atoms with Gasteiger partial charge in [0.25, 0.3) is 11.8 Å². The van der Waals surface area contributed by atoms with Gasteiger partial charge in [-0.1, -0.05) is 18.2 Å². The van der Waals surface area contributed by atoms with E-state index in [4.69, 9.17) is 4.42 Å². The Morgan fingerprint density at radius 3 is 2.20 bits per heavy atom. The molecule has 7 nitrogen and oxygen atoms in total. The summed E-state index contributed by atoms with van der Waals surface area (Å²) in [4.78, 5) is 28.9. The van der Waals surface area contributed by atoms with Crippen LogP contribution in [0.3, 0.4) is 0 Å². The van der Waals surface area contributed by atoms with Crippen molar-refractivity contribution in [1.29, 1.82) is 0 Å². The van der Waals surface area contributed by atoms with Crippen LogP contribution < -0.4 is 0 Å². The van der Waals surface area contributed by atoms with Crippen LogP contribution in [0, 0.1) is 13.8 Å². The zero-order chi connectivity index (χ0) is 21.3. The number of benzene rings is 1. The Bertz CT molecular complexity index is 1070. The summed E-state index contributed by atoms with van der Waals surface area (Å²) in [7, 11) is 0. The number of aryl methyl sites for hydroxylation is 1. The smallest absolute Gasteiger partial charge is 0.289 e. The Morgan fingerprint density at radius 2 is 1.60 bits per heavy atom. The van der Waals surface area contributed by atoms with Crippen molar-refractivity contribution < 1.29 is 14.0 Å². The molecule has 1 aliphatic rings. The highest BCUT2D eigenvalue weighted by Crippen LogP contribution is 2.21. The SMILES string of the molecule is Cc1nn(Cc2ccc(C(=O)N3CCN(C(=O)c4ccccc4)CC3)o2)c(C)c1Br. The normalized spacial score (nSPS) is 14.2. The largest absolute Gasteiger partial charge is 0.454 e. The molecule has 4 rings (SSSR count). The number of carbonyl (C=O) groups excluding carboxylic acids is 2. The second-order valence-electron chi connectivity index (χ2n) is 7.36. The maximum atomic E-state index is 12.8. The Balaban J connectivity index is 1.37. The van der Waals surface area contributed by atoms with Crippen molar-refractivity contribution in [2.75, 3.05) is 26.2 Å². The van der Waals surface area contributed by atoms with Crippen molar-refractivity contribution in [2.45, 2.75) is 20.4 Å². The minimum Gasteiger partial charge on any atom is -0.454 e. The first-order chi connectivity index (χ1) is 14.4. The van der Waals surface area contributed by atoms with Crippen molar-refractivity contribution in [1.82, 2.24) is 19.6 Å². The third-order valence-electron chi connectivity index (χ3n) is 5.35. The number of piperazine rings is 1. The molecule has 30 heavy (non-hydrogen) atoms. The number of nitrogens with zero attached hydrogens (tertiary/aromatic N) is 4. The van der Waals surface area contributed by atoms with E-state index in [0.717, 1.165) is 15.9 Å². The average Bonchev–Trinajstić information content (AvgIpc) is 3.34. The van der Waals surface area contributed by atoms with E-state index in [0.29, 0.717) is 49.8 Å². The lowest BCUT2D eigenvalue weighted by atomic mass is 10.2. The summed E-state index contributed by atoms with van der Waals surface area (Å²) in [5, 5.41) is 4.48. The summed E-state index contributed by atoms with van der Waals surface area (Å²) in [5.74, 6) is 0.837. The molecule has 1 saturated heterocycles. The molecular weight excluding hydrogens is 448 g/mol. The first-order valence-electron chi connectivity index (χ1n) is 9.86. The number of aromatic nitrogens is 2. The molecule has 0 N–H and O–H groups in total. The Hall–Kier alpha value is -2.87. The predicted molar refractivity (Wildman–Crippen MR) is 115 cm³/mol. The summed E-state index contributed by atoms with van der Waals surface area (Å²) >= 11 is 3.52. The molecule has 0 aliphatic carbocycles. The van der Waals surface area contributed by atoms with Gasteiger partial charge < -0.3 is 14.2 Å². The van der Waals surface area contributed by atoms with E-state index in [1.165, 1.54) is 0 Å². The monoisotopic (exact) mass is 470 g/mol. The Kier molecular flexibility index (Phi) is 5.76. The quantitative estimate of drug-likeness (QED) is 0.584. The molecule has 0 spiro atoms. The molecular formula is C22H23BrN4O3. The van der Waals surface area contributed by atoms with Crippen molar-refractivity contribution in [3.8, 4) is 0 Å². The maximum Gasteiger partial charge on any atom is 0.289 e. The Labute approximate surface area is 183 Å². The molecule has 0 unspecified atom stereocenters. The van der Waals surface area contributed by atoms with Gasteiger partial charge in [0.05, 0.1) is 22.4 Å². The molecule has 0 saturated carbocycles. The fourth-order valence-electron chi connectivity index (χ4n) is 3.59. The number of carbonyl (C=O) groups is 2. The van der Waals surface area contributed by atoms with Gasteiger partial charge >= 0.3 is 0 Å². The first-order valence-corrected chi connectivity index (χ1v) is 10.6. The molecule has 1 fully saturated rings. The van der Waals surface area contributed by atoms with Crippen LogP contribution in [0.5, 0.6) is 0 Å². The van der Waals surface area contributed by atoms with E-state index in [1.54, 1.807) is 15.9 Å². The van der Waals surface area contributed by atoms with E-state index in [9.17, 15) is 9.59 Å². The van der Waals surface area contributed by atoms with Crippen LogP contribution in [0.15, 0.2) is 51.4 Å². The highest BCUT2D eigenvalue weighted by Gasteiger charge is 2.27. The van der Waals surface area contributed by atoms with Crippen LogP contribution in [-0.2, 0) is 6.54 Å². The van der Waals surface area contributed by atoms with Gasteiger partial charge in [0.2, 0.25) is 0 Å². The average molecular weight is 471 g/mol. The van der Waals surface area contributed by atoms with Gasteiger partial charge in [-0.3, -0.25) is 14.3 Å². The van der Waals surface area contributed by atoms with Crippen LogP contribution in [0.4, 0.5) is 0 Å². The Morgan fingerprint density at radius 1 is 0.967 bits per heavy atom. The fraction of sp³-hybridized carbons (Fsp3) is 0.318. The lowest BCUT2D eigenvalue weighted by Gasteiger charge is -2.34. The molecule has 0 atom stereocenters. The van der Waals surface area contributed by atoms with Crippen molar-refractivity contribution in [3.05, 3.63) is 75.4 Å². The molecule has 0 bridgehead atoms. The number of hydrogen-bond donors (Lipinski definition) is 0. The number of amides is 2. The zero-order valence-corrected chi connectivity index (χ0v) is 18.6. The summed E-state index contributed by atoms with van der Waals surface area (Å²) in [6, 6.07) is 12.7. The lowest BCUT2D eigenvalue weighted by molar-refractivity contribution is 0.0517. The van der Waals surface area contributed by atoms with Crippen molar-refractivity contribution >= 4 is 27.7 Å². The molecule has 0 radical (unpaired) electrons. The van der Waals surface area contributed by atoms with Gasteiger partial charge in [0, 0.05) is 31.7 Å². The zero-order valence-electron chi connectivity index (χ0n) is 17.0. The molecule has 1 aliphatic heterocycles.